The van der Waals surface area contributed by atoms with E-state index in [4.69, 9.17) is 0 Å². The van der Waals surface area contributed by atoms with E-state index in [0.29, 0.717) is 11.1 Å². The van der Waals surface area contributed by atoms with Crippen LogP contribution in [-0.4, -0.2) is 8.07 Å². The Morgan fingerprint density at radius 2 is 1.04 bits per heavy atom. The van der Waals surface area contributed by atoms with Gasteiger partial charge in [-0.15, -0.1) is 0 Å². The van der Waals surface area contributed by atoms with E-state index in [1.807, 2.05) is 0 Å². The summed E-state index contributed by atoms with van der Waals surface area (Å²) >= 11 is 0. The Balaban J connectivity index is 1.82. The van der Waals surface area contributed by atoms with Crippen LogP contribution in [0.2, 0.25) is 13.1 Å². The number of fused-ring (bicyclic) bond motifs is 2. The Hall–Kier alpha value is -1.86. The van der Waals surface area contributed by atoms with E-state index in [1.54, 1.807) is 11.1 Å². The number of hydrogen-bond acceptors (Lipinski definition) is 0. The van der Waals surface area contributed by atoms with Gasteiger partial charge in [0.2, 0.25) is 0 Å². The summed E-state index contributed by atoms with van der Waals surface area (Å²) in [4.78, 5) is 0. The second-order valence-electron chi connectivity index (χ2n) is 7.65. The van der Waals surface area contributed by atoms with Gasteiger partial charge in [0.05, 0.1) is 8.07 Å². The lowest BCUT2D eigenvalue weighted by Gasteiger charge is -2.35. The van der Waals surface area contributed by atoms with Crippen LogP contribution in [0.3, 0.4) is 0 Å². The summed E-state index contributed by atoms with van der Waals surface area (Å²) in [7, 11) is -1.58. The van der Waals surface area contributed by atoms with E-state index in [1.165, 1.54) is 22.3 Å². The first-order valence-corrected chi connectivity index (χ1v) is 11.7. The quantitative estimate of drug-likeness (QED) is 0.581. The molecule has 4 rings (SSSR count). The van der Waals surface area contributed by atoms with Gasteiger partial charge in [-0.3, -0.25) is 0 Å². The lowest BCUT2D eigenvalue weighted by Crippen LogP contribution is -2.39. The Morgan fingerprint density at radius 3 is 1.48 bits per heavy atom. The van der Waals surface area contributed by atoms with Gasteiger partial charge in [0.15, 0.2) is 0 Å². The van der Waals surface area contributed by atoms with Crippen LogP contribution in [-0.2, 0) is 0 Å². The van der Waals surface area contributed by atoms with Crippen molar-refractivity contribution in [2.24, 2.45) is 0 Å². The van der Waals surface area contributed by atoms with Gasteiger partial charge in [-0.05, 0) is 58.3 Å². The average molecular weight is 317 g/mol. The summed E-state index contributed by atoms with van der Waals surface area (Å²) < 4.78 is 0. The van der Waals surface area contributed by atoms with Crippen molar-refractivity contribution in [2.75, 3.05) is 0 Å². The maximum absolute atomic E-state index is 2.57. The number of rotatable bonds is 2. The first-order valence-electron chi connectivity index (χ1n) is 8.55. The van der Waals surface area contributed by atoms with Gasteiger partial charge >= 0.3 is 0 Å². The van der Waals surface area contributed by atoms with Gasteiger partial charge < -0.3 is 0 Å². The predicted octanol–water partition coefficient (Wildman–Crippen LogP) is 6.17. The summed E-state index contributed by atoms with van der Waals surface area (Å²) in [6, 6.07) is 18.0. The fraction of sp³-hybridized carbons (Fsp3) is 0.273. The maximum atomic E-state index is 2.57. The molecule has 0 amide bonds. The Labute approximate surface area is 140 Å². The topological polar surface area (TPSA) is 0 Å². The summed E-state index contributed by atoms with van der Waals surface area (Å²) in [5.74, 6) is 0. The third-order valence-corrected chi connectivity index (χ3v) is 10.0. The van der Waals surface area contributed by atoms with Gasteiger partial charge in [0, 0.05) is 0 Å². The molecule has 0 saturated heterocycles. The minimum atomic E-state index is -1.58. The van der Waals surface area contributed by atoms with Gasteiger partial charge in [-0.25, -0.2) is 0 Å². The Bertz CT molecular complexity index is 769. The molecule has 0 nitrogen and oxygen atoms in total. The highest BCUT2D eigenvalue weighted by Crippen LogP contribution is 2.49. The molecule has 2 atom stereocenters. The summed E-state index contributed by atoms with van der Waals surface area (Å²) in [5, 5.41) is 0. The van der Waals surface area contributed by atoms with Crippen molar-refractivity contribution in [1.82, 2.24) is 0 Å². The zero-order valence-corrected chi connectivity index (χ0v) is 15.4. The SMILES string of the molecule is CC1=CC([Si](C)(C)C2C=C(C)c3ccccc32)c2ccccc21. The van der Waals surface area contributed by atoms with Crippen molar-refractivity contribution < 1.29 is 0 Å². The van der Waals surface area contributed by atoms with Crippen LogP contribution < -0.4 is 0 Å². The van der Waals surface area contributed by atoms with Crippen LogP contribution in [0.25, 0.3) is 11.1 Å². The first kappa shape index (κ1) is 14.7. The molecule has 23 heavy (non-hydrogen) atoms. The van der Waals surface area contributed by atoms with E-state index < -0.39 is 8.07 Å². The molecule has 1 heteroatoms. The van der Waals surface area contributed by atoms with Crippen molar-refractivity contribution in [3.8, 4) is 0 Å². The smallest absolute Gasteiger partial charge is 0.0715 e. The maximum Gasteiger partial charge on any atom is 0.0715 e. The molecule has 0 aliphatic heterocycles. The van der Waals surface area contributed by atoms with Gasteiger partial charge in [-0.1, -0.05) is 73.8 Å². The summed E-state index contributed by atoms with van der Waals surface area (Å²) in [5.41, 5.74) is 10.2. The Kier molecular flexibility index (Phi) is 3.24. The molecule has 2 aliphatic carbocycles. The molecule has 0 spiro atoms. The van der Waals surface area contributed by atoms with Crippen molar-refractivity contribution in [3.63, 3.8) is 0 Å². The number of allylic oxidation sites excluding steroid dienone is 4. The molecule has 2 aromatic carbocycles. The average Bonchev–Trinajstić information content (AvgIpc) is 3.08. The van der Waals surface area contributed by atoms with Crippen LogP contribution in [0.4, 0.5) is 0 Å². The molecule has 0 aromatic heterocycles. The normalized spacial score (nSPS) is 22.4. The van der Waals surface area contributed by atoms with E-state index in [-0.39, 0.29) is 0 Å². The number of hydrogen-bond donors (Lipinski definition) is 0. The fourth-order valence-corrected chi connectivity index (χ4v) is 8.39. The van der Waals surface area contributed by atoms with Crippen LogP contribution in [0, 0.1) is 0 Å². The molecular formula is C22H24Si. The van der Waals surface area contributed by atoms with E-state index in [2.05, 4.69) is 87.6 Å². The van der Waals surface area contributed by atoms with Gasteiger partial charge in [0.25, 0.3) is 0 Å². The lowest BCUT2D eigenvalue weighted by atomic mass is 10.1. The van der Waals surface area contributed by atoms with Gasteiger partial charge in [-0.2, -0.15) is 0 Å². The molecule has 0 radical (unpaired) electrons. The minimum absolute atomic E-state index is 0.610. The van der Waals surface area contributed by atoms with E-state index in [0.717, 1.165) is 0 Å². The predicted molar refractivity (Wildman–Crippen MR) is 103 cm³/mol. The van der Waals surface area contributed by atoms with Gasteiger partial charge in [0.1, 0.15) is 0 Å². The standard InChI is InChI=1S/C22H24Si/c1-15-13-21(19-11-7-5-9-17(15)19)23(3,4)22-14-16(2)18-10-6-8-12-20(18)22/h5-14,21-22H,1-4H3. The number of benzene rings is 2. The molecule has 0 heterocycles. The third kappa shape index (κ3) is 2.10. The van der Waals surface area contributed by atoms with E-state index in [9.17, 15) is 0 Å². The third-order valence-electron chi connectivity index (χ3n) is 5.88. The molecule has 2 aliphatic rings. The first-order chi connectivity index (χ1) is 11.0. The van der Waals surface area contributed by atoms with Crippen molar-refractivity contribution in [1.29, 1.82) is 0 Å². The van der Waals surface area contributed by atoms with Crippen molar-refractivity contribution >= 4 is 19.2 Å². The van der Waals surface area contributed by atoms with Crippen LogP contribution >= 0.6 is 0 Å². The van der Waals surface area contributed by atoms with Crippen molar-refractivity contribution in [2.45, 2.75) is 38.0 Å². The monoisotopic (exact) mass is 316 g/mol. The van der Waals surface area contributed by atoms with Crippen molar-refractivity contribution in [3.05, 3.63) is 82.9 Å². The molecule has 0 saturated carbocycles. The molecule has 2 unspecified atom stereocenters. The minimum Gasteiger partial charge on any atom is -0.0761 e. The molecule has 0 fully saturated rings. The molecule has 0 bridgehead atoms. The molecule has 0 N–H and O–H groups in total. The molecule has 2 aromatic rings. The summed E-state index contributed by atoms with van der Waals surface area (Å²) in [6.07, 6.45) is 5.09. The summed E-state index contributed by atoms with van der Waals surface area (Å²) in [6.45, 7) is 9.68. The highest BCUT2D eigenvalue weighted by Gasteiger charge is 2.43. The van der Waals surface area contributed by atoms with E-state index >= 15 is 0 Å². The second-order valence-corrected chi connectivity index (χ2v) is 12.5. The lowest BCUT2D eigenvalue weighted by molar-refractivity contribution is 1.05. The van der Waals surface area contributed by atoms with Crippen LogP contribution in [0.1, 0.15) is 47.2 Å². The fourth-order valence-electron chi connectivity index (χ4n) is 4.54. The highest BCUT2D eigenvalue weighted by atomic mass is 28.3. The zero-order valence-electron chi connectivity index (χ0n) is 14.4. The van der Waals surface area contributed by atoms with Crippen LogP contribution in [0.5, 0.6) is 0 Å². The molecular weight excluding hydrogens is 292 g/mol. The zero-order chi connectivity index (χ0) is 16.2. The van der Waals surface area contributed by atoms with Crippen LogP contribution in [0.15, 0.2) is 60.7 Å². The largest absolute Gasteiger partial charge is 0.0761 e. The molecule has 116 valence electrons. The second kappa shape index (κ2) is 5.07. The Morgan fingerprint density at radius 1 is 0.652 bits per heavy atom. The highest BCUT2D eigenvalue weighted by molar-refractivity contribution is 6.81.